The molecule has 0 saturated heterocycles. The first kappa shape index (κ1) is 33.2. The maximum Gasteiger partial charge on any atom is 0.501 e. The third-order valence-electron chi connectivity index (χ3n) is 4.75. The molecule has 34 heavy (non-hydrogen) atoms. The van der Waals surface area contributed by atoms with Gasteiger partial charge in [0.1, 0.15) is 0 Å². The summed E-state index contributed by atoms with van der Waals surface area (Å²) in [6.07, 6.45) is 10.00. The summed E-state index contributed by atoms with van der Waals surface area (Å²) in [6.45, 7) is 13.2. The summed E-state index contributed by atoms with van der Waals surface area (Å²) in [6, 6.07) is 0.537. The van der Waals surface area contributed by atoms with Crippen LogP contribution in [-0.4, -0.2) is 80.8 Å². The number of unbranched alkanes of at least 4 members (excludes halogenated alkanes) is 3. The minimum Gasteiger partial charge on any atom is -0.463 e. The summed E-state index contributed by atoms with van der Waals surface area (Å²) in [5.74, 6) is -0.351. The van der Waals surface area contributed by atoms with Crippen molar-refractivity contribution in [1.82, 2.24) is 0 Å². The molecule has 0 aliphatic carbocycles. The fourth-order valence-electron chi connectivity index (χ4n) is 2.80. The van der Waals surface area contributed by atoms with Crippen LogP contribution < -0.4 is 0 Å². The van der Waals surface area contributed by atoms with Gasteiger partial charge in [-0.3, -0.25) is 0 Å². The minimum absolute atomic E-state index is 0.279. The summed E-state index contributed by atoms with van der Waals surface area (Å²) < 4.78 is 40.9. The van der Waals surface area contributed by atoms with Crippen LogP contribution in [0.4, 0.5) is 0 Å². The van der Waals surface area contributed by atoms with Crippen LogP contribution in [0.3, 0.4) is 0 Å². The monoisotopic (exact) mass is 506 g/mol. The van der Waals surface area contributed by atoms with Crippen LogP contribution in [0.1, 0.15) is 72.6 Å². The summed E-state index contributed by atoms with van der Waals surface area (Å²) in [7, 11) is -3.04. The highest BCUT2D eigenvalue weighted by Crippen LogP contribution is 2.19. The van der Waals surface area contributed by atoms with E-state index < -0.39 is 8.80 Å². The Morgan fingerprint density at radius 1 is 0.618 bits per heavy atom. The van der Waals surface area contributed by atoms with Gasteiger partial charge in [-0.05, 0) is 32.6 Å². The highest BCUT2D eigenvalue weighted by Gasteiger charge is 2.41. The topological polar surface area (TPSA) is 81.7 Å². The number of allylic oxidation sites excluding steroid dienone is 1. The van der Waals surface area contributed by atoms with Gasteiger partial charge in [0.2, 0.25) is 0 Å². The number of hydrogen-bond donors (Lipinski definition) is 0. The van der Waals surface area contributed by atoms with Crippen LogP contribution in [0.2, 0.25) is 6.04 Å². The van der Waals surface area contributed by atoms with Crippen molar-refractivity contribution >= 4 is 14.8 Å². The highest BCUT2D eigenvalue weighted by atomic mass is 28.4. The molecule has 0 N–H and O–H groups in total. The molecule has 0 amide bonds. The molecule has 0 atom stereocenters. The van der Waals surface area contributed by atoms with Gasteiger partial charge in [0.05, 0.1) is 46.2 Å². The molecule has 0 aromatic rings. The summed E-state index contributed by atoms with van der Waals surface area (Å²) in [4.78, 5) is 11.6. The average Bonchev–Trinajstić information content (AvgIpc) is 2.83. The van der Waals surface area contributed by atoms with E-state index in [1.54, 1.807) is 13.0 Å². The first-order valence-corrected chi connectivity index (χ1v) is 15.0. The molecule has 8 nitrogen and oxygen atoms in total. The lowest BCUT2D eigenvalue weighted by molar-refractivity contribution is -0.137. The van der Waals surface area contributed by atoms with Gasteiger partial charge in [-0.25, -0.2) is 4.79 Å². The first-order valence-electron chi connectivity index (χ1n) is 13.1. The van der Waals surface area contributed by atoms with Crippen LogP contribution in [0.5, 0.6) is 0 Å². The third-order valence-corrected chi connectivity index (χ3v) is 7.65. The van der Waals surface area contributed by atoms with Crippen LogP contribution in [-0.2, 0) is 37.0 Å². The number of rotatable bonds is 26. The van der Waals surface area contributed by atoms with Gasteiger partial charge in [0, 0.05) is 31.9 Å². The van der Waals surface area contributed by atoms with Gasteiger partial charge >= 0.3 is 14.8 Å². The van der Waals surface area contributed by atoms with E-state index in [1.807, 2.05) is 0 Å². The van der Waals surface area contributed by atoms with Crippen molar-refractivity contribution in [2.24, 2.45) is 0 Å². The van der Waals surface area contributed by atoms with E-state index in [1.165, 1.54) is 6.08 Å². The molecule has 0 aromatic carbocycles. The molecule has 0 aliphatic rings. The maximum atomic E-state index is 11.6. The largest absolute Gasteiger partial charge is 0.501 e. The fraction of sp³-hybridized carbons (Fsp3) is 0.880. The number of hydrogen-bond acceptors (Lipinski definition) is 8. The van der Waals surface area contributed by atoms with Crippen molar-refractivity contribution in [3.05, 3.63) is 12.2 Å². The Bertz CT molecular complexity index is 435. The minimum atomic E-state index is -3.04. The average molecular weight is 507 g/mol. The van der Waals surface area contributed by atoms with Gasteiger partial charge in [0.25, 0.3) is 0 Å². The Hall–Kier alpha value is -0.813. The van der Waals surface area contributed by atoms with E-state index in [0.29, 0.717) is 71.9 Å². The van der Waals surface area contributed by atoms with Gasteiger partial charge in [0.15, 0.2) is 0 Å². The zero-order valence-electron chi connectivity index (χ0n) is 22.1. The maximum absolute atomic E-state index is 11.6. The van der Waals surface area contributed by atoms with Crippen LogP contribution in [0, 0.1) is 0 Å². The normalized spacial score (nSPS) is 12.0. The Kier molecular flexibility index (Phi) is 24.7. The van der Waals surface area contributed by atoms with Crippen LogP contribution >= 0.6 is 0 Å². The van der Waals surface area contributed by atoms with Gasteiger partial charge in [-0.1, -0.05) is 46.1 Å². The fourth-order valence-corrected chi connectivity index (χ4v) is 5.24. The zero-order valence-corrected chi connectivity index (χ0v) is 23.1. The van der Waals surface area contributed by atoms with Gasteiger partial charge < -0.3 is 32.2 Å². The number of ether oxygens (including phenoxy) is 4. The van der Waals surface area contributed by atoms with E-state index >= 15 is 0 Å². The smallest absolute Gasteiger partial charge is 0.463 e. The van der Waals surface area contributed by atoms with Crippen molar-refractivity contribution in [3.63, 3.8) is 0 Å². The Balaban J connectivity index is 4.88. The van der Waals surface area contributed by atoms with Crippen molar-refractivity contribution in [2.75, 3.05) is 66.1 Å². The molecular weight excluding hydrogens is 456 g/mol. The van der Waals surface area contributed by atoms with E-state index in [-0.39, 0.29) is 12.6 Å². The SMILES string of the molecule is CC=CC(=O)OCCC[Si](OCCOCCCC)(OCCOCCCC)OCCOCCCC. The second-order valence-electron chi connectivity index (χ2n) is 7.90. The predicted octanol–water partition coefficient (Wildman–Crippen LogP) is 4.93. The molecule has 0 unspecified atom stereocenters. The molecule has 9 heteroatoms. The first-order chi connectivity index (χ1) is 16.6. The summed E-state index contributed by atoms with van der Waals surface area (Å²) >= 11 is 0. The Morgan fingerprint density at radius 2 is 1.06 bits per heavy atom. The molecule has 0 saturated carbocycles. The predicted molar refractivity (Wildman–Crippen MR) is 136 cm³/mol. The lowest BCUT2D eigenvalue weighted by Crippen LogP contribution is -2.48. The molecule has 0 radical (unpaired) electrons. The highest BCUT2D eigenvalue weighted by molar-refractivity contribution is 6.60. The molecule has 0 spiro atoms. The van der Waals surface area contributed by atoms with E-state index in [4.69, 9.17) is 32.2 Å². The number of esters is 1. The van der Waals surface area contributed by atoms with Crippen LogP contribution in [0.25, 0.3) is 0 Å². The van der Waals surface area contributed by atoms with Gasteiger partial charge in [-0.2, -0.15) is 0 Å². The molecule has 202 valence electrons. The molecular formula is C25H50O8Si. The lowest BCUT2D eigenvalue weighted by Gasteiger charge is -2.30. The standard InChI is InChI=1S/C25H50O8Si/c1-5-9-14-27-18-21-31-34(32-22-19-28-15-10-6-2,33-23-20-29-16-11-7-3)24-12-17-30-25(26)13-8-4/h8,13H,5-7,9-12,14-24H2,1-4H3. The van der Waals surface area contributed by atoms with E-state index in [0.717, 1.165) is 38.5 Å². The van der Waals surface area contributed by atoms with Gasteiger partial charge in [-0.15, -0.1) is 0 Å². The number of carbonyl (C=O) groups is 1. The Morgan fingerprint density at radius 3 is 1.44 bits per heavy atom. The number of carbonyl (C=O) groups excluding carboxylic acids is 1. The molecule has 0 bridgehead atoms. The lowest BCUT2D eigenvalue weighted by atomic mass is 10.4. The Labute approximate surface area is 209 Å². The van der Waals surface area contributed by atoms with E-state index in [2.05, 4.69) is 20.8 Å². The second kappa shape index (κ2) is 25.3. The van der Waals surface area contributed by atoms with Crippen molar-refractivity contribution in [3.8, 4) is 0 Å². The molecule has 0 fully saturated rings. The molecule has 0 aliphatic heterocycles. The molecule has 0 heterocycles. The van der Waals surface area contributed by atoms with E-state index in [9.17, 15) is 4.79 Å². The zero-order chi connectivity index (χ0) is 25.2. The third kappa shape index (κ3) is 20.6. The quantitative estimate of drug-likeness (QED) is 0.0707. The van der Waals surface area contributed by atoms with Crippen molar-refractivity contribution in [2.45, 2.75) is 78.7 Å². The van der Waals surface area contributed by atoms with Crippen LogP contribution in [0.15, 0.2) is 12.2 Å². The van der Waals surface area contributed by atoms with Crippen molar-refractivity contribution in [1.29, 1.82) is 0 Å². The van der Waals surface area contributed by atoms with Crippen molar-refractivity contribution < 1.29 is 37.0 Å². The summed E-state index contributed by atoms with van der Waals surface area (Å²) in [5.41, 5.74) is 0. The molecule has 0 rings (SSSR count). The second-order valence-corrected chi connectivity index (χ2v) is 10.6. The molecule has 0 aromatic heterocycles. The summed E-state index contributed by atoms with van der Waals surface area (Å²) in [5, 5.41) is 0.